The lowest BCUT2D eigenvalue weighted by Gasteiger charge is -2.21. The Kier molecular flexibility index (Phi) is 4.01. The molecule has 1 aliphatic rings. The van der Waals surface area contributed by atoms with Gasteiger partial charge in [0.1, 0.15) is 11.5 Å². The van der Waals surface area contributed by atoms with E-state index < -0.39 is 0 Å². The number of halogens is 1. The molecule has 1 unspecified atom stereocenters. The summed E-state index contributed by atoms with van der Waals surface area (Å²) in [6, 6.07) is 2.89. The zero-order chi connectivity index (χ0) is 13.8. The van der Waals surface area contributed by atoms with E-state index in [1.807, 2.05) is 0 Å². The van der Waals surface area contributed by atoms with E-state index in [0.29, 0.717) is 23.3 Å². The third-order valence-corrected chi connectivity index (χ3v) is 3.59. The van der Waals surface area contributed by atoms with Gasteiger partial charge in [-0.2, -0.15) is 4.98 Å². The minimum absolute atomic E-state index is 0.373. The molecule has 3 heterocycles. The first kappa shape index (κ1) is 13.2. The van der Waals surface area contributed by atoms with E-state index >= 15 is 0 Å². The van der Waals surface area contributed by atoms with Crippen molar-refractivity contribution in [2.24, 2.45) is 5.92 Å². The molecule has 0 amide bonds. The Bertz CT molecular complexity index is 549. The summed E-state index contributed by atoms with van der Waals surface area (Å²) in [5.74, 6) is 1.35. The molecule has 20 heavy (non-hydrogen) atoms. The Hall–Kier alpha value is -1.82. The Morgan fingerprint density at radius 3 is 3.10 bits per heavy atom. The second-order valence-electron chi connectivity index (χ2n) is 5.12. The van der Waals surface area contributed by atoms with E-state index in [1.54, 1.807) is 6.07 Å². The van der Waals surface area contributed by atoms with Gasteiger partial charge >= 0.3 is 0 Å². The van der Waals surface area contributed by atoms with Crippen LogP contribution in [0.15, 0.2) is 22.9 Å². The van der Waals surface area contributed by atoms with Crippen LogP contribution >= 0.6 is 0 Å². The van der Waals surface area contributed by atoms with Crippen LogP contribution in [0.5, 0.6) is 0 Å². The van der Waals surface area contributed by atoms with Crippen LogP contribution in [0.3, 0.4) is 0 Å². The number of aromatic nitrogens is 3. The fourth-order valence-electron chi connectivity index (χ4n) is 2.47. The SMILES string of the molecule is Fc1ccc(-c2noc(CCC3CCCNC3)n2)nc1. The summed E-state index contributed by atoms with van der Waals surface area (Å²) in [5, 5.41) is 7.29. The molecule has 1 atom stereocenters. The van der Waals surface area contributed by atoms with E-state index in [4.69, 9.17) is 4.52 Å². The van der Waals surface area contributed by atoms with Crippen LogP contribution < -0.4 is 5.32 Å². The standard InChI is InChI=1S/C14H17FN4O/c15-11-4-5-12(17-9-11)14-18-13(20-19-14)6-3-10-2-1-7-16-8-10/h4-5,9-10,16H,1-3,6-8H2. The molecular weight excluding hydrogens is 259 g/mol. The third kappa shape index (κ3) is 3.19. The van der Waals surface area contributed by atoms with Crippen molar-refractivity contribution in [2.45, 2.75) is 25.7 Å². The predicted octanol–water partition coefficient (Wildman–Crippen LogP) is 2.20. The number of nitrogens with zero attached hydrogens (tertiary/aromatic N) is 3. The highest BCUT2D eigenvalue weighted by atomic mass is 19.1. The Balaban J connectivity index is 1.60. The molecule has 3 rings (SSSR count). The van der Waals surface area contributed by atoms with Crippen LogP contribution in [0.2, 0.25) is 0 Å². The van der Waals surface area contributed by atoms with Crippen molar-refractivity contribution in [3.63, 3.8) is 0 Å². The second-order valence-corrected chi connectivity index (χ2v) is 5.12. The average Bonchev–Trinajstić information content (AvgIpc) is 2.96. The molecule has 0 aliphatic carbocycles. The number of piperidine rings is 1. The number of pyridine rings is 1. The Morgan fingerprint density at radius 1 is 1.40 bits per heavy atom. The first-order valence-electron chi connectivity index (χ1n) is 6.96. The van der Waals surface area contributed by atoms with Crippen LogP contribution in [0.4, 0.5) is 4.39 Å². The van der Waals surface area contributed by atoms with Crippen LogP contribution in [0.1, 0.15) is 25.2 Å². The van der Waals surface area contributed by atoms with Gasteiger partial charge in [0.25, 0.3) is 0 Å². The lowest BCUT2D eigenvalue weighted by Crippen LogP contribution is -2.29. The van der Waals surface area contributed by atoms with Crippen molar-refractivity contribution >= 4 is 0 Å². The molecule has 5 nitrogen and oxygen atoms in total. The van der Waals surface area contributed by atoms with E-state index in [2.05, 4.69) is 20.4 Å². The molecule has 106 valence electrons. The van der Waals surface area contributed by atoms with E-state index in [-0.39, 0.29) is 5.82 Å². The van der Waals surface area contributed by atoms with Crippen molar-refractivity contribution in [1.82, 2.24) is 20.4 Å². The minimum Gasteiger partial charge on any atom is -0.339 e. The first-order valence-corrected chi connectivity index (χ1v) is 6.96. The second kappa shape index (κ2) is 6.09. The van der Waals surface area contributed by atoms with Gasteiger partial charge < -0.3 is 9.84 Å². The van der Waals surface area contributed by atoms with E-state index in [0.717, 1.165) is 32.1 Å². The highest BCUT2D eigenvalue weighted by Gasteiger charge is 2.15. The van der Waals surface area contributed by atoms with Crippen LogP contribution in [-0.4, -0.2) is 28.2 Å². The Labute approximate surface area is 116 Å². The molecule has 1 aliphatic heterocycles. The lowest BCUT2D eigenvalue weighted by atomic mass is 9.95. The van der Waals surface area contributed by atoms with Gasteiger partial charge in [0.15, 0.2) is 0 Å². The number of hydrogen-bond acceptors (Lipinski definition) is 5. The van der Waals surface area contributed by atoms with Gasteiger partial charge in [-0.1, -0.05) is 5.16 Å². The molecule has 0 spiro atoms. The van der Waals surface area contributed by atoms with Crippen LogP contribution in [-0.2, 0) is 6.42 Å². The maximum Gasteiger partial charge on any atom is 0.227 e. The van der Waals surface area contributed by atoms with Gasteiger partial charge in [-0.3, -0.25) is 0 Å². The molecule has 1 fully saturated rings. The molecular formula is C14H17FN4O. The average molecular weight is 276 g/mol. The zero-order valence-electron chi connectivity index (χ0n) is 11.2. The van der Waals surface area contributed by atoms with Gasteiger partial charge in [0.2, 0.25) is 11.7 Å². The molecule has 2 aromatic rings. The van der Waals surface area contributed by atoms with E-state index in [1.165, 1.54) is 18.9 Å². The van der Waals surface area contributed by atoms with Crippen molar-refractivity contribution < 1.29 is 8.91 Å². The summed E-state index contributed by atoms with van der Waals surface area (Å²) in [6.45, 7) is 2.19. The lowest BCUT2D eigenvalue weighted by molar-refractivity contribution is 0.327. The van der Waals surface area contributed by atoms with Gasteiger partial charge in [-0.05, 0) is 50.4 Å². The fraction of sp³-hybridized carbons (Fsp3) is 0.500. The van der Waals surface area contributed by atoms with Crippen molar-refractivity contribution in [3.05, 3.63) is 30.0 Å². The third-order valence-electron chi connectivity index (χ3n) is 3.59. The molecule has 2 aromatic heterocycles. The number of aryl methyl sites for hydroxylation is 1. The molecule has 0 aromatic carbocycles. The molecule has 0 bridgehead atoms. The summed E-state index contributed by atoms with van der Waals surface area (Å²) in [7, 11) is 0. The highest BCUT2D eigenvalue weighted by molar-refractivity contribution is 5.47. The van der Waals surface area contributed by atoms with Crippen molar-refractivity contribution in [2.75, 3.05) is 13.1 Å². The Morgan fingerprint density at radius 2 is 2.35 bits per heavy atom. The monoisotopic (exact) mass is 276 g/mol. The normalized spacial score (nSPS) is 19.1. The minimum atomic E-state index is -0.373. The fourth-order valence-corrected chi connectivity index (χ4v) is 2.47. The van der Waals surface area contributed by atoms with E-state index in [9.17, 15) is 4.39 Å². The first-order chi connectivity index (χ1) is 9.81. The number of nitrogens with one attached hydrogen (secondary N) is 1. The van der Waals surface area contributed by atoms with Crippen molar-refractivity contribution in [3.8, 4) is 11.5 Å². The molecule has 0 radical (unpaired) electrons. The number of hydrogen-bond donors (Lipinski definition) is 1. The van der Waals surface area contributed by atoms with Gasteiger partial charge in [-0.25, -0.2) is 9.37 Å². The summed E-state index contributed by atoms with van der Waals surface area (Å²) in [6.07, 6.45) is 5.47. The highest BCUT2D eigenvalue weighted by Crippen LogP contribution is 2.18. The molecule has 6 heteroatoms. The predicted molar refractivity (Wildman–Crippen MR) is 71.4 cm³/mol. The topological polar surface area (TPSA) is 63.8 Å². The van der Waals surface area contributed by atoms with Crippen LogP contribution in [0, 0.1) is 11.7 Å². The number of rotatable bonds is 4. The molecule has 1 N–H and O–H groups in total. The summed E-state index contributed by atoms with van der Waals surface area (Å²) >= 11 is 0. The van der Waals surface area contributed by atoms with Gasteiger partial charge in [-0.15, -0.1) is 0 Å². The maximum absolute atomic E-state index is 12.8. The molecule has 0 saturated carbocycles. The summed E-state index contributed by atoms with van der Waals surface area (Å²) < 4.78 is 18.0. The molecule has 1 saturated heterocycles. The quantitative estimate of drug-likeness (QED) is 0.927. The zero-order valence-corrected chi connectivity index (χ0v) is 11.2. The van der Waals surface area contributed by atoms with Gasteiger partial charge in [0.05, 0.1) is 6.20 Å². The maximum atomic E-state index is 12.8. The van der Waals surface area contributed by atoms with Crippen molar-refractivity contribution in [1.29, 1.82) is 0 Å². The summed E-state index contributed by atoms with van der Waals surface area (Å²) in [5.41, 5.74) is 0.528. The van der Waals surface area contributed by atoms with Crippen LogP contribution in [0.25, 0.3) is 11.5 Å². The largest absolute Gasteiger partial charge is 0.339 e. The van der Waals surface area contributed by atoms with Gasteiger partial charge in [0, 0.05) is 6.42 Å². The smallest absolute Gasteiger partial charge is 0.227 e. The summed E-state index contributed by atoms with van der Waals surface area (Å²) in [4.78, 5) is 8.25.